The summed E-state index contributed by atoms with van der Waals surface area (Å²) < 4.78 is 24.8. The maximum atomic E-state index is 12.0. The summed E-state index contributed by atoms with van der Waals surface area (Å²) in [6, 6.07) is 5.07. The first-order valence-corrected chi connectivity index (χ1v) is 6.22. The van der Waals surface area contributed by atoms with E-state index in [1.165, 1.54) is 0 Å². The van der Waals surface area contributed by atoms with Gasteiger partial charge in [0.25, 0.3) is 12.3 Å². The number of halogens is 3. The number of nitrogens with two attached hydrogens (primary N) is 1. The van der Waals surface area contributed by atoms with Gasteiger partial charge >= 0.3 is 0 Å². The van der Waals surface area contributed by atoms with Gasteiger partial charge in [-0.3, -0.25) is 4.79 Å². The van der Waals surface area contributed by atoms with Gasteiger partial charge in [-0.05, 0) is 18.2 Å². The highest BCUT2D eigenvalue weighted by Crippen LogP contribution is 2.35. The number of nitrogens with one attached hydrogen (secondary N) is 1. The van der Waals surface area contributed by atoms with Crippen LogP contribution in [0.25, 0.3) is 10.1 Å². The van der Waals surface area contributed by atoms with Gasteiger partial charge in [0.1, 0.15) is 4.88 Å². The van der Waals surface area contributed by atoms with Crippen LogP contribution in [0.3, 0.4) is 0 Å². The third-order valence-electron chi connectivity index (χ3n) is 2.31. The largest absolute Gasteiger partial charge is 0.397 e. The van der Waals surface area contributed by atoms with Gasteiger partial charge in [-0.2, -0.15) is 0 Å². The normalized spacial score (nSPS) is 11.1. The van der Waals surface area contributed by atoms with Gasteiger partial charge in [-0.15, -0.1) is 11.3 Å². The number of hydrogen-bond donors (Lipinski definition) is 2. The molecular weight excluding hydrogens is 282 g/mol. The smallest absolute Gasteiger partial charge is 0.263 e. The lowest BCUT2D eigenvalue weighted by Gasteiger charge is -2.02. The molecule has 0 unspecified atom stereocenters. The van der Waals surface area contributed by atoms with E-state index < -0.39 is 18.9 Å². The molecule has 0 aliphatic heterocycles. The molecule has 0 saturated carbocycles. The molecule has 0 aliphatic carbocycles. The summed E-state index contributed by atoms with van der Waals surface area (Å²) in [7, 11) is 0. The van der Waals surface area contributed by atoms with Crippen molar-refractivity contribution < 1.29 is 13.6 Å². The average molecular weight is 291 g/mol. The topological polar surface area (TPSA) is 55.1 Å². The van der Waals surface area contributed by atoms with E-state index in [9.17, 15) is 13.6 Å². The second kappa shape index (κ2) is 5.07. The number of alkyl halides is 2. The average Bonchev–Trinajstić information content (AvgIpc) is 2.64. The Labute approximate surface area is 111 Å². The number of carbonyl (C=O) groups is 1. The second-order valence-corrected chi connectivity index (χ2v) is 5.08. The van der Waals surface area contributed by atoms with Gasteiger partial charge < -0.3 is 11.1 Å². The van der Waals surface area contributed by atoms with Crippen LogP contribution in [0.15, 0.2) is 18.2 Å². The van der Waals surface area contributed by atoms with Gasteiger partial charge in [0.2, 0.25) is 0 Å². The first-order chi connectivity index (χ1) is 8.49. The number of anilines is 1. The van der Waals surface area contributed by atoms with Gasteiger partial charge in [0.15, 0.2) is 0 Å². The van der Waals surface area contributed by atoms with Gasteiger partial charge in [0.05, 0.1) is 12.2 Å². The molecule has 2 rings (SSSR count). The van der Waals surface area contributed by atoms with Crippen LogP contribution in [0.1, 0.15) is 9.67 Å². The fourth-order valence-corrected chi connectivity index (χ4v) is 2.70. The van der Waals surface area contributed by atoms with Crippen molar-refractivity contribution in [3.05, 3.63) is 28.1 Å². The molecule has 0 fully saturated rings. The molecule has 1 aromatic heterocycles. The summed E-state index contributed by atoms with van der Waals surface area (Å²) in [4.78, 5) is 11.9. The van der Waals surface area contributed by atoms with Crippen molar-refractivity contribution in [1.82, 2.24) is 5.32 Å². The van der Waals surface area contributed by atoms with Crippen molar-refractivity contribution in [2.75, 3.05) is 12.3 Å². The first-order valence-electron chi connectivity index (χ1n) is 5.03. The van der Waals surface area contributed by atoms with E-state index in [1.54, 1.807) is 18.2 Å². The SMILES string of the molecule is Nc1c(C(=O)NCC(F)F)sc2ccc(Cl)cc12. The minimum Gasteiger partial charge on any atom is -0.397 e. The Bertz CT molecular complexity index is 600. The summed E-state index contributed by atoms with van der Waals surface area (Å²) in [5.74, 6) is -0.592. The van der Waals surface area contributed by atoms with E-state index in [2.05, 4.69) is 5.32 Å². The fourth-order valence-electron chi connectivity index (χ4n) is 1.51. The first kappa shape index (κ1) is 13.0. The molecule has 18 heavy (non-hydrogen) atoms. The zero-order valence-electron chi connectivity index (χ0n) is 9.04. The summed E-state index contributed by atoms with van der Waals surface area (Å²) >= 11 is 6.98. The number of carbonyl (C=O) groups excluding carboxylic acids is 1. The highest BCUT2D eigenvalue weighted by Gasteiger charge is 2.17. The maximum Gasteiger partial charge on any atom is 0.263 e. The van der Waals surface area contributed by atoms with Gasteiger partial charge in [-0.25, -0.2) is 8.78 Å². The molecule has 1 aromatic carbocycles. The number of amides is 1. The van der Waals surface area contributed by atoms with Gasteiger partial charge in [-0.1, -0.05) is 11.6 Å². The molecular formula is C11H9ClF2N2OS. The van der Waals surface area contributed by atoms with Crippen LogP contribution in [-0.4, -0.2) is 18.9 Å². The highest BCUT2D eigenvalue weighted by atomic mass is 35.5. The molecule has 3 nitrogen and oxygen atoms in total. The van der Waals surface area contributed by atoms with Crippen molar-refractivity contribution in [3.8, 4) is 0 Å². The number of thiophene rings is 1. The summed E-state index contributed by atoms with van der Waals surface area (Å²) in [5.41, 5.74) is 6.09. The third-order valence-corrected chi connectivity index (χ3v) is 3.73. The lowest BCUT2D eigenvalue weighted by molar-refractivity contribution is 0.0896. The van der Waals surface area contributed by atoms with Crippen LogP contribution < -0.4 is 11.1 Å². The summed E-state index contributed by atoms with van der Waals surface area (Å²) in [6.45, 7) is -0.687. The predicted octanol–water partition coefficient (Wildman–Crippen LogP) is 3.13. The Morgan fingerprint density at radius 1 is 1.50 bits per heavy atom. The van der Waals surface area contributed by atoms with Gasteiger partial charge in [0, 0.05) is 15.1 Å². The quantitative estimate of drug-likeness (QED) is 0.912. The summed E-state index contributed by atoms with van der Waals surface area (Å²) in [6.07, 6.45) is -2.58. The zero-order valence-corrected chi connectivity index (χ0v) is 10.6. The van der Waals surface area contributed by atoms with Crippen LogP contribution in [-0.2, 0) is 0 Å². The van der Waals surface area contributed by atoms with Crippen LogP contribution in [0.2, 0.25) is 5.02 Å². The lowest BCUT2D eigenvalue weighted by atomic mass is 10.2. The molecule has 0 bridgehead atoms. The Morgan fingerprint density at radius 2 is 2.22 bits per heavy atom. The number of fused-ring (bicyclic) bond motifs is 1. The van der Waals surface area contributed by atoms with E-state index in [4.69, 9.17) is 17.3 Å². The maximum absolute atomic E-state index is 12.0. The number of rotatable bonds is 3. The van der Waals surface area contributed by atoms with Crippen molar-refractivity contribution in [1.29, 1.82) is 0 Å². The standard InChI is InChI=1S/C11H9ClF2N2OS/c12-5-1-2-7-6(3-5)9(15)10(18-7)11(17)16-4-8(13)14/h1-3,8H,4,15H2,(H,16,17). The molecule has 0 aliphatic rings. The fraction of sp³-hybridized carbons (Fsp3) is 0.182. The second-order valence-electron chi connectivity index (χ2n) is 3.59. The monoisotopic (exact) mass is 290 g/mol. The lowest BCUT2D eigenvalue weighted by Crippen LogP contribution is -2.28. The van der Waals surface area contributed by atoms with E-state index in [0.29, 0.717) is 10.4 Å². The molecule has 1 heterocycles. The van der Waals surface area contributed by atoms with E-state index in [-0.39, 0.29) is 10.6 Å². The van der Waals surface area contributed by atoms with Crippen molar-refractivity contribution in [3.63, 3.8) is 0 Å². The van der Waals surface area contributed by atoms with Crippen LogP contribution >= 0.6 is 22.9 Å². The van der Waals surface area contributed by atoms with Crippen molar-refractivity contribution in [2.45, 2.75) is 6.43 Å². The van der Waals surface area contributed by atoms with Crippen LogP contribution in [0.4, 0.5) is 14.5 Å². The Hall–Kier alpha value is -1.40. The minimum atomic E-state index is -2.58. The van der Waals surface area contributed by atoms with E-state index >= 15 is 0 Å². The van der Waals surface area contributed by atoms with Crippen LogP contribution in [0, 0.1) is 0 Å². The molecule has 7 heteroatoms. The van der Waals surface area contributed by atoms with E-state index in [1.807, 2.05) is 0 Å². The molecule has 2 aromatic rings. The van der Waals surface area contributed by atoms with Crippen LogP contribution in [0.5, 0.6) is 0 Å². The Kier molecular flexibility index (Phi) is 3.68. The van der Waals surface area contributed by atoms with Crippen molar-refractivity contribution >= 4 is 44.6 Å². The Balaban J connectivity index is 2.34. The predicted molar refractivity (Wildman–Crippen MR) is 69.6 cm³/mol. The molecule has 1 amide bonds. The third kappa shape index (κ3) is 2.54. The summed E-state index contributed by atoms with van der Waals surface area (Å²) in [5, 5.41) is 3.29. The minimum absolute atomic E-state index is 0.230. The Morgan fingerprint density at radius 3 is 2.89 bits per heavy atom. The van der Waals surface area contributed by atoms with Crippen molar-refractivity contribution in [2.24, 2.45) is 0 Å². The number of hydrogen-bond acceptors (Lipinski definition) is 3. The molecule has 0 spiro atoms. The highest BCUT2D eigenvalue weighted by molar-refractivity contribution is 7.21. The molecule has 0 radical (unpaired) electrons. The molecule has 0 atom stereocenters. The molecule has 3 N–H and O–H groups in total. The number of nitrogen functional groups attached to an aromatic ring is 1. The number of benzene rings is 1. The zero-order chi connectivity index (χ0) is 13.3. The van der Waals surface area contributed by atoms with E-state index in [0.717, 1.165) is 16.0 Å². The molecule has 0 saturated heterocycles. The molecule has 96 valence electrons.